The zero-order chi connectivity index (χ0) is 16.5. The van der Waals surface area contributed by atoms with Crippen LogP contribution in [0.15, 0.2) is 49.2 Å². The van der Waals surface area contributed by atoms with Crippen molar-refractivity contribution < 1.29 is 9.90 Å². The van der Waals surface area contributed by atoms with Crippen LogP contribution in [-0.2, 0) is 6.42 Å². The molecule has 4 heterocycles. The van der Waals surface area contributed by atoms with Crippen LogP contribution in [0.5, 0.6) is 0 Å². The Morgan fingerprint density at radius 2 is 2.08 bits per heavy atom. The highest BCUT2D eigenvalue weighted by molar-refractivity contribution is 5.95. The molecule has 0 spiro atoms. The van der Waals surface area contributed by atoms with Crippen LogP contribution < -0.4 is 0 Å². The van der Waals surface area contributed by atoms with Crippen molar-refractivity contribution in [3.63, 3.8) is 0 Å². The van der Waals surface area contributed by atoms with E-state index in [4.69, 9.17) is 0 Å². The minimum atomic E-state index is -0.515. The van der Waals surface area contributed by atoms with Gasteiger partial charge in [-0.3, -0.25) is 9.78 Å². The fourth-order valence-electron chi connectivity index (χ4n) is 3.17. The summed E-state index contributed by atoms with van der Waals surface area (Å²) in [6.45, 7) is 0.895. The van der Waals surface area contributed by atoms with Gasteiger partial charge in [0.1, 0.15) is 6.33 Å². The number of carbonyl (C=O) groups excluding carboxylic acids is 1. The molecule has 7 nitrogen and oxygen atoms in total. The van der Waals surface area contributed by atoms with Gasteiger partial charge >= 0.3 is 0 Å². The molecule has 7 heteroatoms. The maximum absolute atomic E-state index is 12.7. The van der Waals surface area contributed by atoms with E-state index in [9.17, 15) is 9.90 Å². The van der Waals surface area contributed by atoms with Gasteiger partial charge in [0.05, 0.1) is 6.10 Å². The number of fused-ring (bicyclic) bond motifs is 1. The van der Waals surface area contributed by atoms with Crippen LogP contribution in [0.1, 0.15) is 15.9 Å². The summed E-state index contributed by atoms with van der Waals surface area (Å²) >= 11 is 0. The summed E-state index contributed by atoms with van der Waals surface area (Å²) in [5.74, 6) is -0.0510. The quantitative estimate of drug-likeness (QED) is 0.771. The molecule has 0 bridgehead atoms. The maximum atomic E-state index is 12.7. The van der Waals surface area contributed by atoms with Gasteiger partial charge < -0.3 is 10.0 Å². The molecule has 24 heavy (non-hydrogen) atoms. The van der Waals surface area contributed by atoms with Crippen molar-refractivity contribution in [2.75, 3.05) is 13.1 Å². The predicted octanol–water partition coefficient (Wildman–Crippen LogP) is 0.800. The fraction of sp³-hybridized carbons (Fsp3) is 0.294. The molecule has 0 aliphatic carbocycles. The molecule has 122 valence electrons. The topological polar surface area (TPSA) is 83.6 Å². The van der Waals surface area contributed by atoms with Crippen LogP contribution in [0.3, 0.4) is 0 Å². The lowest BCUT2D eigenvalue weighted by Crippen LogP contribution is -2.29. The molecule has 1 N–H and O–H groups in total. The standard InChI is InChI=1S/C17H17N5O2/c23-15-10-21(9-14(15)7-12-1-4-18-5-2-12)17(24)13-3-6-22-16(8-13)19-11-20-22/h1-6,8,11,14-15,23H,7,9-10H2/t14-,15+/m1/s1. The van der Waals surface area contributed by atoms with Crippen molar-refractivity contribution in [2.24, 2.45) is 5.92 Å². The Labute approximate surface area is 138 Å². The summed E-state index contributed by atoms with van der Waals surface area (Å²) in [6, 6.07) is 7.33. The molecular weight excluding hydrogens is 306 g/mol. The number of β-amino-alcohol motifs (C(OH)–C–C–N with tert-alkyl or cyclic N) is 1. The summed E-state index contributed by atoms with van der Waals surface area (Å²) in [5, 5.41) is 14.3. The highest BCUT2D eigenvalue weighted by Crippen LogP contribution is 2.23. The molecule has 1 fully saturated rings. The van der Waals surface area contributed by atoms with Crippen LogP contribution in [0.25, 0.3) is 5.65 Å². The van der Waals surface area contributed by atoms with E-state index in [0.717, 1.165) is 12.0 Å². The van der Waals surface area contributed by atoms with E-state index in [1.165, 1.54) is 6.33 Å². The van der Waals surface area contributed by atoms with Gasteiger partial charge in [-0.15, -0.1) is 0 Å². The third-order valence-corrected chi connectivity index (χ3v) is 4.47. The third kappa shape index (κ3) is 2.74. The van der Waals surface area contributed by atoms with Crippen molar-refractivity contribution in [2.45, 2.75) is 12.5 Å². The Morgan fingerprint density at radius 1 is 1.25 bits per heavy atom. The van der Waals surface area contributed by atoms with E-state index in [2.05, 4.69) is 15.1 Å². The second kappa shape index (κ2) is 6.01. The first-order valence-corrected chi connectivity index (χ1v) is 7.86. The van der Waals surface area contributed by atoms with Crippen molar-refractivity contribution in [3.05, 3.63) is 60.3 Å². The Balaban J connectivity index is 1.49. The molecule has 1 amide bonds. The van der Waals surface area contributed by atoms with Gasteiger partial charge in [-0.2, -0.15) is 5.10 Å². The lowest BCUT2D eigenvalue weighted by molar-refractivity contribution is 0.0764. The van der Waals surface area contributed by atoms with Crippen molar-refractivity contribution >= 4 is 11.6 Å². The molecule has 1 aliphatic rings. The van der Waals surface area contributed by atoms with Crippen LogP contribution in [-0.4, -0.2) is 54.7 Å². The van der Waals surface area contributed by atoms with Gasteiger partial charge in [0.2, 0.25) is 0 Å². The number of rotatable bonds is 3. The van der Waals surface area contributed by atoms with Gasteiger partial charge in [0, 0.05) is 43.2 Å². The molecule has 0 radical (unpaired) electrons. The molecule has 3 aromatic heterocycles. The zero-order valence-corrected chi connectivity index (χ0v) is 13.0. The van der Waals surface area contributed by atoms with E-state index in [1.54, 1.807) is 40.1 Å². The zero-order valence-electron chi connectivity index (χ0n) is 13.0. The first kappa shape index (κ1) is 14.8. The van der Waals surface area contributed by atoms with Crippen LogP contribution in [0, 0.1) is 5.92 Å². The number of hydrogen-bond acceptors (Lipinski definition) is 5. The average molecular weight is 323 g/mol. The Bertz CT molecular complexity index is 864. The average Bonchev–Trinajstić information content (AvgIpc) is 3.21. The predicted molar refractivity (Wildman–Crippen MR) is 86.3 cm³/mol. The van der Waals surface area contributed by atoms with E-state index >= 15 is 0 Å². The monoisotopic (exact) mass is 323 g/mol. The Hall–Kier alpha value is -2.80. The highest BCUT2D eigenvalue weighted by Gasteiger charge is 2.34. The molecule has 0 aromatic carbocycles. The summed E-state index contributed by atoms with van der Waals surface area (Å²) < 4.78 is 1.61. The second-order valence-electron chi connectivity index (χ2n) is 6.08. The summed E-state index contributed by atoms with van der Waals surface area (Å²) in [5.41, 5.74) is 2.31. The van der Waals surface area contributed by atoms with Gasteiger partial charge in [-0.25, -0.2) is 9.50 Å². The number of pyridine rings is 2. The number of amides is 1. The number of likely N-dealkylation sites (tertiary alicyclic amines) is 1. The lowest BCUT2D eigenvalue weighted by atomic mass is 9.97. The number of carbonyl (C=O) groups is 1. The molecule has 1 aliphatic heterocycles. The summed E-state index contributed by atoms with van der Waals surface area (Å²) in [6.07, 6.45) is 6.88. The van der Waals surface area contributed by atoms with Crippen molar-refractivity contribution in [1.82, 2.24) is 24.5 Å². The largest absolute Gasteiger partial charge is 0.391 e. The number of aliphatic hydroxyl groups is 1. The number of aliphatic hydroxyl groups excluding tert-OH is 1. The minimum Gasteiger partial charge on any atom is -0.391 e. The van der Waals surface area contributed by atoms with Crippen molar-refractivity contribution in [1.29, 1.82) is 0 Å². The lowest BCUT2D eigenvalue weighted by Gasteiger charge is -2.16. The van der Waals surface area contributed by atoms with Gasteiger partial charge in [-0.1, -0.05) is 0 Å². The Morgan fingerprint density at radius 3 is 2.92 bits per heavy atom. The first-order chi connectivity index (χ1) is 11.7. The molecule has 1 saturated heterocycles. The summed E-state index contributed by atoms with van der Waals surface area (Å²) in [7, 11) is 0. The van der Waals surface area contributed by atoms with Gasteiger partial charge in [0.15, 0.2) is 5.65 Å². The molecular formula is C17H17N5O2. The fourth-order valence-corrected chi connectivity index (χ4v) is 3.17. The van der Waals surface area contributed by atoms with E-state index in [0.29, 0.717) is 24.3 Å². The molecule has 2 atom stereocenters. The first-order valence-electron chi connectivity index (χ1n) is 7.86. The third-order valence-electron chi connectivity index (χ3n) is 4.47. The van der Waals surface area contributed by atoms with Crippen LogP contribution >= 0.6 is 0 Å². The van der Waals surface area contributed by atoms with E-state index in [1.807, 2.05) is 12.1 Å². The number of aromatic nitrogens is 4. The highest BCUT2D eigenvalue weighted by atomic mass is 16.3. The maximum Gasteiger partial charge on any atom is 0.254 e. The van der Waals surface area contributed by atoms with Crippen molar-refractivity contribution in [3.8, 4) is 0 Å². The Kier molecular flexibility index (Phi) is 3.70. The number of hydrogen-bond donors (Lipinski definition) is 1. The van der Waals surface area contributed by atoms with Gasteiger partial charge in [-0.05, 0) is 36.2 Å². The van der Waals surface area contributed by atoms with E-state index in [-0.39, 0.29) is 11.8 Å². The van der Waals surface area contributed by atoms with Gasteiger partial charge in [0.25, 0.3) is 5.91 Å². The summed E-state index contributed by atoms with van der Waals surface area (Å²) in [4.78, 5) is 22.5. The second-order valence-corrected chi connectivity index (χ2v) is 6.08. The molecule has 0 unspecified atom stereocenters. The molecule has 3 aromatic rings. The van der Waals surface area contributed by atoms with E-state index < -0.39 is 6.10 Å². The van der Waals surface area contributed by atoms with Crippen LogP contribution in [0.4, 0.5) is 0 Å². The molecule has 0 saturated carbocycles. The minimum absolute atomic E-state index is 0.0353. The van der Waals surface area contributed by atoms with Crippen LogP contribution in [0.2, 0.25) is 0 Å². The SMILES string of the molecule is O=C(c1ccn2ncnc2c1)N1C[C@@H](Cc2ccncc2)[C@@H](O)C1. The molecule has 4 rings (SSSR count). The number of nitrogens with zero attached hydrogens (tertiary/aromatic N) is 5. The smallest absolute Gasteiger partial charge is 0.254 e. The normalized spacial score (nSPS) is 20.6.